The fraction of sp³-hybridized carbons (Fsp3) is 0.611. The summed E-state index contributed by atoms with van der Waals surface area (Å²) in [6.45, 7) is 2.02. The zero-order chi connectivity index (χ0) is 18.6. The smallest absolute Gasteiger partial charge is 0.243 e. The Labute approximate surface area is 154 Å². The van der Waals surface area contributed by atoms with E-state index in [1.54, 1.807) is 24.3 Å². The maximum atomic E-state index is 12.7. The van der Waals surface area contributed by atoms with Crippen molar-refractivity contribution in [1.29, 1.82) is 0 Å². The summed E-state index contributed by atoms with van der Waals surface area (Å²) in [5.41, 5.74) is 0. The lowest BCUT2D eigenvalue weighted by atomic mass is 9.97. The number of nitrogens with one attached hydrogen (secondary N) is 1. The van der Waals surface area contributed by atoms with E-state index in [1.165, 1.54) is 11.4 Å². The second kappa shape index (κ2) is 8.37. The number of ether oxygens (including phenoxy) is 2. The Kier molecular flexibility index (Phi) is 6.16. The lowest BCUT2D eigenvalue weighted by Crippen LogP contribution is -2.44. The molecule has 144 valence electrons. The summed E-state index contributed by atoms with van der Waals surface area (Å²) in [4.78, 5) is 12.6. The molecule has 7 nitrogen and oxygen atoms in total. The summed E-state index contributed by atoms with van der Waals surface area (Å²) in [7, 11) is -2.00. The fourth-order valence-electron chi connectivity index (χ4n) is 3.42. The van der Waals surface area contributed by atoms with E-state index in [4.69, 9.17) is 9.47 Å². The van der Waals surface area contributed by atoms with Gasteiger partial charge in [0.1, 0.15) is 5.75 Å². The third-order valence-electron chi connectivity index (χ3n) is 5.05. The molecule has 0 aromatic heterocycles. The summed E-state index contributed by atoms with van der Waals surface area (Å²) in [6, 6.07) is 6.37. The molecule has 2 aliphatic rings. The number of sulfonamides is 1. The Morgan fingerprint density at radius 2 is 1.92 bits per heavy atom. The van der Waals surface area contributed by atoms with Crippen molar-refractivity contribution >= 4 is 15.9 Å². The highest BCUT2D eigenvalue weighted by Gasteiger charge is 2.32. The van der Waals surface area contributed by atoms with E-state index in [2.05, 4.69) is 5.32 Å². The van der Waals surface area contributed by atoms with E-state index < -0.39 is 10.0 Å². The Balaban J connectivity index is 1.52. The third kappa shape index (κ3) is 4.36. The highest BCUT2D eigenvalue weighted by atomic mass is 32.2. The van der Waals surface area contributed by atoms with Gasteiger partial charge in [0, 0.05) is 32.2 Å². The van der Waals surface area contributed by atoms with Gasteiger partial charge in [-0.15, -0.1) is 0 Å². The van der Waals surface area contributed by atoms with Crippen LogP contribution in [0.15, 0.2) is 29.2 Å². The maximum absolute atomic E-state index is 12.7. The first-order chi connectivity index (χ1) is 12.5. The molecule has 1 N–H and O–H groups in total. The van der Waals surface area contributed by atoms with Crippen LogP contribution >= 0.6 is 0 Å². The van der Waals surface area contributed by atoms with Crippen molar-refractivity contribution in [3.63, 3.8) is 0 Å². The molecular formula is C18H26N2O5S. The van der Waals surface area contributed by atoms with E-state index in [1.807, 2.05) is 0 Å². The molecule has 2 fully saturated rings. The van der Waals surface area contributed by atoms with Crippen LogP contribution < -0.4 is 10.1 Å². The van der Waals surface area contributed by atoms with Gasteiger partial charge in [0.15, 0.2) is 0 Å². The Morgan fingerprint density at radius 3 is 2.50 bits per heavy atom. The van der Waals surface area contributed by atoms with Crippen molar-refractivity contribution in [3.05, 3.63) is 24.3 Å². The molecule has 2 saturated heterocycles. The van der Waals surface area contributed by atoms with Crippen LogP contribution in [0.5, 0.6) is 5.75 Å². The molecule has 0 spiro atoms. The number of hydrogen-bond acceptors (Lipinski definition) is 5. The highest BCUT2D eigenvalue weighted by molar-refractivity contribution is 7.89. The van der Waals surface area contributed by atoms with E-state index in [-0.39, 0.29) is 22.8 Å². The van der Waals surface area contributed by atoms with Crippen molar-refractivity contribution in [3.8, 4) is 5.75 Å². The molecule has 0 bridgehead atoms. The van der Waals surface area contributed by atoms with Crippen LogP contribution in [0.1, 0.15) is 25.7 Å². The average molecular weight is 382 g/mol. The number of carbonyl (C=O) groups is 1. The minimum atomic E-state index is -3.54. The number of carbonyl (C=O) groups excluding carboxylic acids is 1. The van der Waals surface area contributed by atoms with Gasteiger partial charge in [-0.3, -0.25) is 4.79 Å². The minimum Gasteiger partial charge on any atom is -0.497 e. The first-order valence-corrected chi connectivity index (χ1v) is 10.5. The van der Waals surface area contributed by atoms with Crippen LogP contribution in [0, 0.1) is 5.92 Å². The van der Waals surface area contributed by atoms with E-state index in [9.17, 15) is 13.2 Å². The predicted molar refractivity (Wildman–Crippen MR) is 96.5 cm³/mol. The SMILES string of the molecule is COc1ccc(S(=O)(=O)N2CCC(C(=O)NC[C@@H]3CCCO3)CC2)cc1. The second-order valence-electron chi connectivity index (χ2n) is 6.73. The Bertz CT molecular complexity index is 706. The molecule has 8 heteroatoms. The van der Waals surface area contributed by atoms with Gasteiger partial charge < -0.3 is 14.8 Å². The van der Waals surface area contributed by atoms with Crippen LogP contribution in [0.3, 0.4) is 0 Å². The predicted octanol–water partition coefficient (Wildman–Crippen LogP) is 1.39. The third-order valence-corrected chi connectivity index (χ3v) is 6.96. The fourth-order valence-corrected chi connectivity index (χ4v) is 4.89. The van der Waals surface area contributed by atoms with E-state index in [0.29, 0.717) is 38.2 Å². The number of piperidine rings is 1. The van der Waals surface area contributed by atoms with Gasteiger partial charge in [-0.05, 0) is 49.9 Å². The van der Waals surface area contributed by atoms with Crippen LogP contribution in [0.2, 0.25) is 0 Å². The zero-order valence-corrected chi connectivity index (χ0v) is 15.8. The first kappa shape index (κ1) is 19.1. The molecule has 1 atom stereocenters. The van der Waals surface area contributed by atoms with Gasteiger partial charge >= 0.3 is 0 Å². The topological polar surface area (TPSA) is 84.9 Å². The number of hydrogen-bond donors (Lipinski definition) is 1. The standard InChI is InChI=1S/C18H26N2O5S/c1-24-15-4-6-17(7-5-15)26(22,23)20-10-8-14(9-11-20)18(21)19-13-16-3-2-12-25-16/h4-7,14,16H,2-3,8-13H2,1H3,(H,19,21)/t16-/m0/s1. The summed E-state index contributed by atoms with van der Waals surface area (Å²) < 4.78 is 37.5. The quantitative estimate of drug-likeness (QED) is 0.804. The molecule has 26 heavy (non-hydrogen) atoms. The summed E-state index contributed by atoms with van der Waals surface area (Å²) >= 11 is 0. The second-order valence-corrected chi connectivity index (χ2v) is 8.67. The normalized spacial score (nSPS) is 22.3. The van der Waals surface area contributed by atoms with Crippen LogP contribution in [0.4, 0.5) is 0 Å². The van der Waals surface area contributed by atoms with Crippen LogP contribution in [0.25, 0.3) is 0 Å². The summed E-state index contributed by atoms with van der Waals surface area (Å²) in [5.74, 6) is 0.478. The Morgan fingerprint density at radius 1 is 1.23 bits per heavy atom. The molecular weight excluding hydrogens is 356 g/mol. The molecule has 2 heterocycles. The van der Waals surface area contributed by atoms with Gasteiger partial charge in [0.2, 0.25) is 15.9 Å². The molecule has 1 amide bonds. The Hall–Kier alpha value is -1.64. The highest BCUT2D eigenvalue weighted by Crippen LogP contribution is 2.25. The van der Waals surface area contributed by atoms with Crippen LogP contribution in [-0.4, -0.2) is 58.1 Å². The molecule has 0 radical (unpaired) electrons. The van der Waals surface area contributed by atoms with Crippen molar-refractivity contribution in [2.75, 3.05) is 33.4 Å². The number of rotatable bonds is 6. The van der Waals surface area contributed by atoms with Crippen LogP contribution in [-0.2, 0) is 19.6 Å². The summed E-state index contributed by atoms with van der Waals surface area (Å²) in [6.07, 6.45) is 3.22. The van der Waals surface area contributed by atoms with Crippen molar-refractivity contribution in [2.24, 2.45) is 5.92 Å². The van der Waals surface area contributed by atoms with Crippen molar-refractivity contribution in [1.82, 2.24) is 9.62 Å². The molecule has 1 aromatic carbocycles. The maximum Gasteiger partial charge on any atom is 0.243 e. The zero-order valence-electron chi connectivity index (χ0n) is 15.0. The van der Waals surface area contributed by atoms with E-state index in [0.717, 1.165) is 19.4 Å². The molecule has 2 aliphatic heterocycles. The van der Waals surface area contributed by atoms with Crippen molar-refractivity contribution < 1.29 is 22.7 Å². The minimum absolute atomic E-state index is 0.00185. The molecule has 0 unspecified atom stereocenters. The average Bonchev–Trinajstić information content (AvgIpc) is 3.20. The van der Waals surface area contributed by atoms with Gasteiger partial charge in [-0.1, -0.05) is 0 Å². The molecule has 0 saturated carbocycles. The lowest BCUT2D eigenvalue weighted by molar-refractivity contribution is -0.126. The largest absolute Gasteiger partial charge is 0.497 e. The van der Waals surface area contributed by atoms with Crippen molar-refractivity contribution in [2.45, 2.75) is 36.7 Å². The number of methoxy groups -OCH3 is 1. The molecule has 0 aliphatic carbocycles. The number of benzene rings is 1. The number of amides is 1. The van der Waals surface area contributed by atoms with E-state index >= 15 is 0 Å². The molecule has 1 aromatic rings. The number of nitrogens with zero attached hydrogens (tertiary/aromatic N) is 1. The van der Waals surface area contributed by atoms with Gasteiger partial charge in [0.05, 0.1) is 18.1 Å². The first-order valence-electron chi connectivity index (χ1n) is 9.04. The van der Waals surface area contributed by atoms with Gasteiger partial charge in [-0.2, -0.15) is 4.31 Å². The monoisotopic (exact) mass is 382 g/mol. The summed E-state index contributed by atoms with van der Waals surface area (Å²) in [5, 5.41) is 2.95. The molecule has 3 rings (SSSR count). The van der Waals surface area contributed by atoms with Gasteiger partial charge in [-0.25, -0.2) is 8.42 Å². The lowest BCUT2D eigenvalue weighted by Gasteiger charge is -2.30. The van der Waals surface area contributed by atoms with Gasteiger partial charge in [0.25, 0.3) is 0 Å².